The van der Waals surface area contributed by atoms with Gasteiger partial charge in [-0.2, -0.15) is 0 Å². The highest BCUT2D eigenvalue weighted by molar-refractivity contribution is 6.39. The molecule has 0 fully saturated rings. The lowest BCUT2D eigenvalue weighted by molar-refractivity contribution is 0.0988. The van der Waals surface area contributed by atoms with E-state index in [2.05, 4.69) is 20.9 Å². The lowest BCUT2D eigenvalue weighted by Gasteiger charge is -2.22. The number of allylic oxidation sites excluding steroid dienone is 5. The van der Waals surface area contributed by atoms with E-state index in [4.69, 9.17) is 0 Å². The first-order valence-electron chi connectivity index (χ1n) is 9.75. The first kappa shape index (κ1) is 16.4. The van der Waals surface area contributed by atoms with E-state index in [0.29, 0.717) is 11.1 Å². The Morgan fingerprint density at radius 2 is 1.66 bits per heavy atom. The largest absolute Gasteiger partial charge is 0.366 e. The molecular weight excluding hydrogens is 362 g/mol. The molecule has 0 saturated carbocycles. The van der Waals surface area contributed by atoms with E-state index in [1.165, 1.54) is 16.8 Å². The van der Waals surface area contributed by atoms with E-state index in [9.17, 15) is 9.59 Å². The fraction of sp³-hybridized carbons (Fsp3) is 0.167. The van der Waals surface area contributed by atoms with Crippen LogP contribution in [0.15, 0.2) is 77.3 Å². The fourth-order valence-corrected chi connectivity index (χ4v) is 4.68. The van der Waals surface area contributed by atoms with E-state index >= 15 is 0 Å². The number of carbonyl (C=O) groups excluding carboxylic acids is 2. The molecule has 0 atom stereocenters. The maximum absolute atomic E-state index is 12.6. The van der Waals surface area contributed by atoms with Gasteiger partial charge < -0.3 is 4.90 Å². The van der Waals surface area contributed by atoms with Crippen molar-refractivity contribution in [3.05, 3.63) is 99.8 Å². The second-order valence-electron chi connectivity index (χ2n) is 7.80. The first-order chi connectivity index (χ1) is 14.2. The number of Topliss-reactive ketones (excluding diaryl/α,β-unsaturated/α-hetero) is 2. The average molecular weight is 379 g/mol. The Morgan fingerprint density at radius 3 is 2.45 bits per heavy atom. The molecule has 1 aromatic heterocycles. The number of hydrogen-bond donors (Lipinski definition) is 0. The molecule has 5 nitrogen and oxygen atoms in total. The molecule has 2 heterocycles. The summed E-state index contributed by atoms with van der Waals surface area (Å²) in [5.74, 6) is -0.339. The molecule has 0 saturated heterocycles. The van der Waals surface area contributed by atoms with Crippen LogP contribution < -0.4 is 0 Å². The van der Waals surface area contributed by atoms with Crippen molar-refractivity contribution >= 4 is 17.1 Å². The van der Waals surface area contributed by atoms with Crippen LogP contribution in [-0.2, 0) is 6.42 Å². The molecular formula is C24H17N3O2. The molecule has 0 unspecified atom stereocenters. The highest BCUT2D eigenvalue weighted by atomic mass is 16.2. The highest BCUT2D eigenvalue weighted by Crippen LogP contribution is 2.39. The number of benzene rings is 1. The normalized spacial score (nSPS) is 19.4. The monoisotopic (exact) mass is 379 g/mol. The summed E-state index contributed by atoms with van der Waals surface area (Å²) in [5.41, 5.74) is 8.33. The number of nitrogens with zero attached hydrogens (tertiary/aromatic N) is 3. The number of aromatic nitrogens is 2. The van der Waals surface area contributed by atoms with Gasteiger partial charge in [0, 0.05) is 60.7 Å². The topological polar surface area (TPSA) is 63.2 Å². The van der Waals surface area contributed by atoms with E-state index in [0.717, 1.165) is 42.9 Å². The highest BCUT2D eigenvalue weighted by Gasteiger charge is 2.34. The summed E-state index contributed by atoms with van der Waals surface area (Å²) in [6.45, 7) is 1.73. The van der Waals surface area contributed by atoms with Crippen LogP contribution in [0.2, 0.25) is 0 Å². The molecule has 140 valence electrons. The predicted octanol–water partition coefficient (Wildman–Crippen LogP) is 3.32. The van der Waals surface area contributed by atoms with Gasteiger partial charge in [0.1, 0.15) is 0 Å². The van der Waals surface area contributed by atoms with E-state index in [-0.39, 0.29) is 17.1 Å². The van der Waals surface area contributed by atoms with Gasteiger partial charge >= 0.3 is 0 Å². The van der Waals surface area contributed by atoms with Gasteiger partial charge in [-0.05, 0) is 23.3 Å². The minimum absolute atomic E-state index is 0.169. The molecule has 0 amide bonds. The smallest absolute Gasteiger partial charge is 0.197 e. The Hall–Kier alpha value is -3.60. The fourth-order valence-electron chi connectivity index (χ4n) is 4.68. The number of carbonyl (C=O) groups is 2. The van der Waals surface area contributed by atoms with Gasteiger partial charge in [0.15, 0.2) is 11.6 Å². The Balaban J connectivity index is 1.18. The van der Waals surface area contributed by atoms with E-state index < -0.39 is 0 Å². The Labute approximate surface area is 167 Å². The lowest BCUT2D eigenvalue weighted by Crippen LogP contribution is -2.21. The molecule has 0 N–H and O–H groups in total. The van der Waals surface area contributed by atoms with Crippen molar-refractivity contribution in [2.75, 3.05) is 13.1 Å². The minimum Gasteiger partial charge on any atom is -0.366 e. The molecule has 29 heavy (non-hydrogen) atoms. The van der Waals surface area contributed by atoms with Gasteiger partial charge in [0.05, 0.1) is 17.0 Å². The van der Waals surface area contributed by atoms with E-state index in [1.807, 2.05) is 6.08 Å². The van der Waals surface area contributed by atoms with E-state index in [1.54, 1.807) is 42.7 Å². The van der Waals surface area contributed by atoms with Gasteiger partial charge in [0.25, 0.3) is 0 Å². The zero-order valence-electron chi connectivity index (χ0n) is 15.7. The molecule has 2 aromatic rings. The van der Waals surface area contributed by atoms with Crippen molar-refractivity contribution in [3.8, 4) is 0 Å². The maximum atomic E-state index is 12.6. The standard InChI is InChI=1S/C24H17N3O2/c28-23-17-3-1-2-4-18(17)24(29)19(23)10-14-5-6-16(9-14)27-12-15-11-21-22(20(15)13-27)26-8-7-25-21/h1-8,10H,9,11-13H2. The molecule has 0 bridgehead atoms. The summed E-state index contributed by atoms with van der Waals surface area (Å²) in [5, 5.41) is 0. The maximum Gasteiger partial charge on any atom is 0.197 e. The summed E-state index contributed by atoms with van der Waals surface area (Å²) >= 11 is 0. The predicted molar refractivity (Wildman–Crippen MR) is 108 cm³/mol. The molecule has 5 heteroatoms. The Morgan fingerprint density at radius 1 is 0.897 bits per heavy atom. The van der Waals surface area contributed by atoms with Crippen LogP contribution in [0.4, 0.5) is 0 Å². The summed E-state index contributed by atoms with van der Waals surface area (Å²) in [6, 6.07) is 7.04. The zero-order valence-corrected chi connectivity index (χ0v) is 15.7. The van der Waals surface area contributed by atoms with Crippen molar-refractivity contribution in [2.24, 2.45) is 0 Å². The summed E-state index contributed by atoms with van der Waals surface area (Å²) in [4.78, 5) is 36.6. The number of hydrogen-bond acceptors (Lipinski definition) is 5. The molecule has 1 aromatic carbocycles. The summed E-state index contributed by atoms with van der Waals surface area (Å²) < 4.78 is 0. The second kappa shape index (κ2) is 5.95. The lowest BCUT2D eigenvalue weighted by atomic mass is 10.1. The Kier molecular flexibility index (Phi) is 3.36. The summed E-state index contributed by atoms with van der Waals surface area (Å²) in [6.07, 6.45) is 11.0. The molecule has 4 aliphatic rings. The van der Waals surface area contributed by atoms with Crippen molar-refractivity contribution in [3.63, 3.8) is 0 Å². The molecule has 3 aliphatic carbocycles. The van der Waals surface area contributed by atoms with Gasteiger partial charge in [-0.1, -0.05) is 30.3 Å². The average Bonchev–Trinajstić information content (AvgIpc) is 3.48. The third-order valence-corrected chi connectivity index (χ3v) is 6.11. The van der Waals surface area contributed by atoms with Crippen LogP contribution >= 0.6 is 0 Å². The van der Waals surface area contributed by atoms with Crippen LogP contribution in [-0.4, -0.2) is 39.5 Å². The third kappa shape index (κ3) is 2.40. The van der Waals surface area contributed by atoms with Crippen LogP contribution in [0, 0.1) is 0 Å². The van der Waals surface area contributed by atoms with Gasteiger partial charge in [-0.25, -0.2) is 0 Å². The van der Waals surface area contributed by atoms with Crippen molar-refractivity contribution < 1.29 is 9.59 Å². The summed E-state index contributed by atoms with van der Waals surface area (Å²) in [7, 11) is 0. The van der Waals surface area contributed by atoms with Crippen molar-refractivity contribution in [1.29, 1.82) is 0 Å². The molecule has 0 spiro atoms. The third-order valence-electron chi connectivity index (χ3n) is 6.11. The molecule has 0 radical (unpaired) electrons. The molecule has 6 rings (SSSR count). The second-order valence-corrected chi connectivity index (χ2v) is 7.80. The zero-order chi connectivity index (χ0) is 19.5. The quantitative estimate of drug-likeness (QED) is 0.592. The number of ketones is 2. The number of rotatable bonds is 2. The van der Waals surface area contributed by atoms with Gasteiger partial charge in [-0.15, -0.1) is 0 Å². The molecule has 1 aliphatic heterocycles. The van der Waals surface area contributed by atoms with Crippen molar-refractivity contribution in [1.82, 2.24) is 14.9 Å². The SMILES string of the molecule is O=C1C(=CC2=CC=C(N3CC4=C(C3)c3nccnc3C4)C2)C(=O)c2ccccc21. The van der Waals surface area contributed by atoms with Crippen LogP contribution in [0.25, 0.3) is 5.57 Å². The first-order valence-corrected chi connectivity index (χ1v) is 9.75. The van der Waals surface area contributed by atoms with Gasteiger partial charge in [0.2, 0.25) is 0 Å². The minimum atomic E-state index is -0.169. The number of fused-ring (bicyclic) bond motifs is 3. The Bertz CT molecular complexity index is 1210. The van der Waals surface area contributed by atoms with Crippen molar-refractivity contribution in [2.45, 2.75) is 12.8 Å². The van der Waals surface area contributed by atoms with Crippen LogP contribution in [0.3, 0.4) is 0 Å². The van der Waals surface area contributed by atoms with Gasteiger partial charge in [-0.3, -0.25) is 19.6 Å². The van der Waals surface area contributed by atoms with Crippen LogP contribution in [0.1, 0.15) is 38.5 Å². The van der Waals surface area contributed by atoms with Crippen LogP contribution in [0.5, 0.6) is 0 Å².